The summed E-state index contributed by atoms with van der Waals surface area (Å²) in [6.45, 7) is 1.77. The lowest BCUT2D eigenvalue weighted by Crippen LogP contribution is -2.04. The lowest BCUT2D eigenvalue weighted by atomic mass is 10.2. The monoisotopic (exact) mass is 246 g/mol. The third-order valence-electron chi connectivity index (χ3n) is 2.23. The Hall–Kier alpha value is -2.50. The quantitative estimate of drug-likeness (QED) is 0.601. The van der Waals surface area contributed by atoms with Gasteiger partial charge in [-0.2, -0.15) is 0 Å². The molecule has 0 aliphatic carbocycles. The van der Waals surface area contributed by atoms with E-state index < -0.39 is 11.8 Å². The Labute approximate surface area is 103 Å². The van der Waals surface area contributed by atoms with Gasteiger partial charge in [0.2, 0.25) is 11.5 Å². The molecule has 0 aromatic carbocycles. The molecule has 0 radical (unpaired) electrons. The number of hydrogen-bond acceptors (Lipinski definition) is 6. The third-order valence-corrected chi connectivity index (χ3v) is 2.23. The smallest absolute Gasteiger partial charge is 0.373 e. The van der Waals surface area contributed by atoms with E-state index in [1.54, 1.807) is 6.92 Å². The molecule has 0 bridgehead atoms. The van der Waals surface area contributed by atoms with E-state index in [0.717, 1.165) is 0 Å². The molecule has 0 amide bonds. The summed E-state index contributed by atoms with van der Waals surface area (Å²) in [6, 6.07) is 2.77. The number of carbonyl (C=O) groups is 2. The second-order valence-corrected chi connectivity index (χ2v) is 3.53. The fourth-order valence-corrected chi connectivity index (χ4v) is 1.31. The van der Waals surface area contributed by atoms with Crippen LogP contribution in [-0.4, -0.2) is 28.8 Å². The zero-order valence-corrected chi connectivity index (χ0v) is 9.84. The number of carbonyl (C=O) groups excluding carboxylic acids is 2. The third kappa shape index (κ3) is 2.27. The molecule has 2 aromatic rings. The molecule has 0 saturated heterocycles. The van der Waals surface area contributed by atoms with E-state index in [9.17, 15) is 9.59 Å². The van der Waals surface area contributed by atoms with Crippen molar-refractivity contribution < 1.29 is 18.7 Å². The molecule has 18 heavy (non-hydrogen) atoms. The van der Waals surface area contributed by atoms with Gasteiger partial charge in [0, 0.05) is 6.20 Å². The van der Waals surface area contributed by atoms with Crippen molar-refractivity contribution in [2.75, 3.05) is 7.11 Å². The van der Waals surface area contributed by atoms with E-state index in [4.69, 9.17) is 4.42 Å². The molecule has 0 aliphatic rings. The highest BCUT2D eigenvalue weighted by molar-refractivity contribution is 6.06. The normalized spacial score (nSPS) is 10.1. The van der Waals surface area contributed by atoms with Crippen LogP contribution in [0.3, 0.4) is 0 Å². The molecular weight excluding hydrogens is 236 g/mol. The number of ether oxygens (including phenoxy) is 1. The SMILES string of the molecule is COC(=O)c1ccc(C(=O)c2cnc(C)cn2)o1. The van der Waals surface area contributed by atoms with Crippen LogP contribution in [0, 0.1) is 6.92 Å². The summed E-state index contributed by atoms with van der Waals surface area (Å²) in [7, 11) is 1.23. The zero-order valence-electron chi connectivity index (χ0n) is 9.84. The number of esters is 1. The molecule has 0 atom stereocenters. The van der Waals surface area contributed by atoms with E-state index in [-0.39, 0.29) is 17.2 Å². The van der Waals surface area contributed by atoms with Crippen molar-refractivity contribution in [2.45, 2.75) is 6.92 Å². The largest absolute Gasteiger partial charge is 0.463 e. The molecule has 2 rings (SSSR count). The highest BCUT2D eigenvalue weighted by Gasteiger charge is 2.18. The second-order valence-electron chi connectivity index (χ2n) is 3.53. The van der Waals surface area contributed by atoms with Gasteiger partial charge >= 0.3 is 5.97 Å². The average molecular weight is 246 g/mol. The van der Waals surface area contributed by atoms with E-state index in [1.807, 2.05) is 0 Å². The van der Waals surface area contributed by atoms with Crippen LogP contribution in [0.4, 0.5) is 0 Å². The number of methoxy groups -OCH3 is 1. The topological polar surface area (TPSA) is 82.3 Å². The van der Waals surface area contributed by atoms with Crippen molar-refractivity contribution in [3.8, 4) is 0 Å². The molecule has 0 saturated carbocycles. The molecule has 0 spiro atoms. The van der Waals surface area contributed by atoms with Crippen molar-refractivity contribution in [3.05, 3.63) is 47.4 Å². The Morgan fingerprint density at radius 1 is 1.17 bits per heavy atom. The van der Waals surface area contributed by atoms with Gasteiger partial charge in [0.1, 0.15) is 5.69 Å². The van der Waals surface area contributed by atoms with Crippen molar-refractivity contribution in [1.82, 2.24) is 9.97 Å². The summed E-state index contributed by atoms with van der Waals surface area (Å²) in [4.78, 5) is 31.0. The summed E-state index contributed by atoms with van der Waals surface area (Å²) < 4.78 is 9.57. The Balaban J connectivity index is 2.26. The number of hydrogen-bond donors (Lipinski definition) is 0. The zero-order chi connectivity index (χ0) is 13.1. The standard InChI is InChI=1S/C12H10N2O4/c1-7-5-14-8(6-13-7)11(15)9-3-4-10(18-9)12(16)17-2/h3-6H,1-2H3. The van der Waals surface area contributed by atoms with Crippen LogP contribution >= 0.6 is 0 Å². The first-order valence-electron chi connectivity index (χ1n) is 5.13. The van der Waals surface area contributed by atoms with Gasteiger partial charge in [0.15, 0.2) is 5.76 Å². The molecule has 2 aromatic heterocycles. The van der Waals surface area contributed by atoms with Crippen molar-refractivity contribution in [3.63, 3.8) is 0 Å². The lowest BCUT2D eigenvalue weighted by Gasteiger charge is -1.97. The van der Waals surface area contributed by atoms with E-state index in [1.165, 1.54) is 31.6 Å². The minimum absolute atomic E-state index is 0.0218. The van der Waals surface area contributed by atoms with Gasteiger partial charge in [-0.05, 0) is 19.1 Å². The van der Waals surface area contributed by atoms with Crippen LogP contribution in [0.25, 0.3) is 0 Å². The fourth-order valence-electron chi connectivity index (χ4n) is 1.31. The number of nitrogens with zero attached hydrogens (tertiary/aromatic N) is 2. The van der Waals surface area contributed by atoms with Crippen molar-refractivity contribution >= 4 is 11.8 Å². The van der Waals surface area contributed by atoms with E-state index in [0.29, 0.717) is 5.69 Å². The van der Waals surface area contributed by atoms with Crippen LogP contribution in [0.5, 0.6) is 0 Å². The molecule has 0 fully saturated rings. The van der Waals surface area contributed by atoms with Crippen LogP contribution in [0.15, 0.2) is 28.9 Å². The van der Waals surface area contributed by atoms with Crippen LogP contribution < -0.4 is 0 Å². The maximum Gasteiger partial charge on any atom is 0.373 e. The Kier molecular flexibility index (Phi) is 3.18. The summed E-state index contributed by atoms with van der Waals surface area (Å²) >= 11 is 0. The van der Waals surface area contributed by atoms with E-state index in [2.05, 4.69) is 14.7 Å². The molecular formula is C12H10N2O4. The van der Waals surface area contributed by atoms with Gasteiger partial charge in [-0.1, -0.05) is 0 Å². The molecule has 0 N–H and O–H groups in total. The summed E-state index contributed by atoms with van der Waals surface area (Å²) in [5, 5.41) is 0. The van der Waals surface area contributed by atoms with Gasteiger partial charge in [0.05, 0.1) is 19.0 Å². The first-order chi connectivity index (χ1) is 8.61. The predicted octanol–water partition coefficient (Wildman–Crippen LogP) is 1.40. The number of aromatic nitrogens is 2. The van der Waals surface area contributed by atoms with Gasteiger partial charge < -0.3 is 9.15 Å². The minimum atomic E-state index is -0.635. The Bertz CT molecular complexity index is 586. The summed E-state index contributed by atoms with van der Waals surface area (Å²) in [5.74, 6) is -1.07. The number of furan rings is 1. The highest BCUT2D eigenvalue weighted by atomic mass is 16.5. The maximum atomic E-state index is 11.9. The maximum absolute atomic E-state index is 11.9. The molecule has 92 valence electrons. The highest BCUT2D eigenvalue weighted by Crippen LogP contribution is 2.12. The first-order valence-corrected chi connectivity index (χ1v) is 5.13. The molecule has 0 unspecified atom stereocenters. The van der Waals surface area contributed by atoms with Crippen molar-refractivity contribution in [1.29, 1.82) is 0 Å². The average Bonchev–Trinajstić information content (AvgIpc) is 2.87. The molecule has 2 heterocycles. The van der Waals surface area contributed by atoms with Gasteiger partial charge in [-0.25, -0.2) is 9.78 Å². The minimum Gasteiger partial charge on any atom is -0.463 e. The predicted molar refractivity (Wildman–Crippen MR) is 60.2 cm³/mol. The van der Waals surface area contributed by atoms with Crippen molar-refractivity contribution in [2.24, 2.45) is 0 Å². The van der Waals surface area contributed by atoms with Gasteiger partial charge in [-0.15, -0.1) is 0 Å². The number of ketones is 1. The Morgan fingerprint density at radius 3 is 2.50 bits per heavy atom. The molecule has 6 nitrogen and oxygen atoms in total. The van der Waals surface area contributed by atoms with Crippen LogP contribution in [0.1, 0.15) is 32.5 Å². The van der Waals surface area contributed by atoms with E-state index >= 15 is 0 Å². The fraction of sp³-hybridized carbons (Fsp3) is 0.167. The number of rotatable bonds is 3. The summed E-state index contributed by atoms with van der Waals surface area (Å²) in [5.41, 5.74) is 0.868. The van der Waals surface area contributed by atoms with Gasteiger partial charge in [0.25, 0.3) is 0 Å². The Morgan fingerprint density at radius 2 is 1.89 bits per heavy atom. The second kappa shape index (κ2) is 4.79. The number of aryl methyl sites for hydroxylation is 1. The summed E-state index contributed by atoms with van der Waals surface area (Å²) in [6.07, 6.45) is 2.84. The first kappa shape index (κ1) is 12.0. The molecule has 6 heteroatoms. The van der Waals surface area contributed by atoms with Gasteiger partial charge in [-0.3, -0.25) is 9.78 Å². The van der Waals surface area contributed by atoms with Crippen LogP contribution in [-0.2, 0) is 4.74 Å². The molecule has 0 aliphatic heterocycles. The van der Waals surface area contributed by atoms with Crippen LogP contribution in [0.2, 0.25) is 0 Å². The lowest BCUT2D eigenvalue weighted by molar-refractivity contribution is 0.0563.